The first-order chi connectivity index (χ1) is 15.0. The number of aryl methyl sites for hydroxylation is 1. The number of hydrogen-bond acceptors (Lipinski definition) is 3. The van der Waals surface area contributed by atoms with Gasteiger partial charge in [0, 0.05) is 22.2 Å². The predicted molar refractivity (Wildman–Crippen MR) is 125 cm³/mol. The zero-order chi connectivity index (χ0) is 22.1. The van der Waals surface area contributed by atoms with Gasteiger partial charge in [0.1, 0.15) is 18.1 Å². The van der Waals surface area contributed by atoms with Crippen LogP contribution in [0.1, 0.15) is 41.8 Å². The summed E-state index contributed by atoms with van der Waals surface area (Å²) in [5, 5.41) is 3.74. The standard InChI is InChI=1S/C26H28ClNO3/c1-3-30-25-16-11-21(17-22(25)18-31-24-14-12-23(27)13-15-24)26(29)28-19(2)9-10-20-7-5-4-6-8-20/h4-8,11-17,19H,3,9-10,18H2,1-2H3,(H,28,29). The number of halogens is 1. The van der Waals surface area contributed by atoms with Crippen molar-refractivity contribution in [3.8, 4) is 11.5 Å². The maximum Gasteiger partial charge on any atom is 0.251 e. The first kappa shape index (κ1) is 22.7. The molecule has 0 fully saturated rings. The average Bonchev–Trinajstić information content (AvgIpc) is 2.79. The number of benzene rings is 3. The van der Waals surface area contributed by atoms with E-state index in [9.17, 15) is 4.79 Å². The highest BCUT2D eigenvalue weighted by Gasteiger charge is 2.14. The lowest BCUT2D eigenvalue weighted by molar-refractivity contribution is 0.0938. The molecule has 3 aromatic carbocycles. The van der Waals surface area contributed by atoms with E-state index in [1.807, 2.05) is 56.3 Å². The van der Waals surface area contributed by atoms with Crippen molar-refractivity contribution in [2.75, 3.05) is 6.61 Å². The lowest BCUT2D eigenvalue weighted by Crippen LogP contribution is -2.33. The molecule has 0 aliphatic carbocycles. The Labute approximate surface area is 189 Å². The lowest BCUT2D eigenvalue weighted by atomic mass is 10.1. The summed E-state index contributed by atoms with van der Waals surface area (Å²) in [4.78, 5) is 12.8. The SMILES string of the molecule is CCOc1ccc(C(=O)NC(C)CCc2ccccc2)cc1COc1ccc(Cl)cc1. The van der Waals surface area contributed by atoms with Gasteiger partial charge in [-0.15, -0.1) is 0 Å². The monoisotopic (exact) mass is 437 g/mol. The Morgan fingerprint density at radius 3 is 2.45 bits per heavy atom. The van der Waals surface area contributed by atoms with E-state index < -0.39 is 0 Å². The number of carbonyl (C=O) groups is 1. The third-order valence-corrected chi connectivity index (χ3v) is 5.17. The predicted octanol–water partition coefficient (Wildman–Crippen LogP) is 6.07. The van der Waals surface area contributed by atoms with Gasteiger partial charge in [-0.1, -0.05) is 41.9 Å². The molecule has 0 saturated carbocycles. The van der Waals surface area contributed by atoms with Crippen molar-refractivity contribution in [3.63, 3.8) is 0 Å². The fourth-order valence-corrected chi connectivity index (χ4v) is 3.35. The Balaban J connectivity index is 1.63. The molecule has 0 spiro atoms. The van der Waals surface area contributed by atoms with E-state index in [1.54, 1.807) is 18.2 Å². The average molecular weight is 438 g/mol. The molecule has 1 N–H and O–H groups in total. The summed E-state index contributed by atoms with van der Waals surface area (Å²) in [6.45, 7) is 4.79. The highest BCUT2D eigenvalue weighted by atomic mass is 35.5. The van der Waals surface area contributed by atoms with Crippen molar-refractivity contribution >= 4 is 17.5 Å². The fourth-order valence-electron chi connectivity index (χ4n) is 3.23. The lowest BCUT2D eigenvalue weighted by Gasteiger charge is -2.16. The molecule has 0 aliphatic rings. The minimum absolute atomic E-state index is 0.0630. The zero-order valence-electron chi connectivity index (χ0n) is 17.9. The smallest absolute Gasteiger partial charge is 0.251 e. The van der Waals surface area contributed by atoms with Crippen molar-refractivity contribution in [1.29, 1.82) is 0 Å². The molecule has 3 rings (SSSR count). The number of amides is 1. The Morgan fingerprint density at radius 1 is 1.00 bits per heavy atom. The number of carbonyl (C=O) groups excluding carboxylic acids is 1. The molecule has 162 valence electrons. The van der Waals surface area contributed by atoms with Crippen molar-refractivity contribution in [2.24, 2.45) is 0 Å². The summed E-state index contributed by atoms with van der Waals surface area (Å²) >= 11 is 5.93. The second kappa shape index (κ2) is 11.4. The highest BCUT2D eigenvalue weighted by molar-refractivity contribution is 6.30. The normalized spacial score (nSPS) is 11.6. The number of hydrogen-bond donors (Lipinski definition) is 1. The molecular formula is C26H28ClNO3. The Bertz CT molecular complexity index is 974. The largest absolute Gasteiger partial charge is 0.493 e. The first-order valence-electron chi connectivity index (χ1n) is 10.5. The maximum absolute atomic E-state index is 12.8. The molecule has 1 amide bonds. The minimum atomic E-state index is -0.101. The summed E-state index contributed by atoms with van der Waals surface area (Å²) < 4.78 is 11.6. The van der Waals surface area contributed by atoms with E-state index in [-0.39, 0.29) is 11.9 Å². The van der Waals surface area contributed by atoms with Crippen LogP contribution in [0.15, 0.2) is 72.8 Å². The van der Waals surface area contributed by atoms with Crippen LogP contribution in [0, 0.1) is 0 Å². The van der Waals surface area contributed by atoms with Gasteiger partial charge in [-0.2, -0.15) is 0 Å². The first-order valence-corrected chi connectivity index (χ1v) is 10.9. The van der Waals surface area contributed by atoms with Crippen LogP contribution in [0.4, 0.5) is 0 Å². The summed E-state index contributed by atoms with van der Waals surface area (Å²) in [7, 11) is 0. The van der Waals surface area contributed by atoms with Gasteiger partial charge in [-0.25, -0.2) is 0 Å². The van der Waals surface area contributed by atoms with Crippen molar-refractivity contribution < 1.29 is 14.3 Å². The van der Waals surface area contributed by atoms with Crippen molar-refractivity contribution in [1.82, 2.24) is 5.32 Å². The topological polar surface area (TPSA) is 47.6 Å². The van der Waals surface area contributed by atoms with Crippen LogP contribution in [0.5, 0.6) is 11.5 Å². The molecule has 0 heterocycles. The molecule has 0 bridgehead atoms. The summed E-state index contributed by atoms with van der Waals surface area (Å²) in [6.07, 6.45) is 1.80. The van der Waals surface area contributed by atoms with E-state index >= 15 is 0 Å². The van der Waals surface area contributed by atoms with Gasteiger partial charge in [-0.3, -0.25) is 4.79 Å². The zero-order valence-corrected chi connectivity index (χ0v) is 18.7. The number of nitrogens with one attached hydrogen (secondary N) is 1. The molecular weight excluding hydrogens is 410 g/mol. The number of ether oxygens (including phenoxy) is 2. The third kappa shape index (κ3) is 7.04. The molecule has 0 aromatic heterocycles. The molecule has 0 radical (unpaired) electrons. The van der Waals surface area contributed by atoms with E-state index in [4.69, 9.17) is 21.1 Å². The molecule has 3 aromatic rings. The van der Waals surface area contributed by atoms with Gasteiger partial charge in [0.05, 0.1) is 6.61 Å². The molecule has 0 aliphatic heterocycles. The fraction of sp³-hybridized carbons (Fsp3) is 0.269. The molecule has 4 nitrogen and oxygen atoms in total. The molecule has 0 saturated heterocycles. The third-order valence-electron chi connectivity index (χ3n) is 4.92. The quantitative estimate of drug-likeness (QED) is 0.418. The van der Waals surface area contributed by atoms with Crippen LogP contribution in [0.3, 0.4) is 0 Å². The van der Waals surface area contributed by atoms with E-state index in [2.05, 4.69) is 17.4 Å². The van der Waals surface area contributed by atoms with Crippen LogP contribution in [0.2, 0.25) is 5.02 Å². The van der Waals surface area contributed by atoms with Gasteiger partial charge >= 0.3 is 0 Å². The summed E-state index contributed by atoms with van der Waals surface area (Å²) in [6, 6.07) is 23.0. The van der Waals surface area contributed by atoms with Gasteiger partial charge in [-0.05, 0) is 74.7 Å². The van der Waals surface area contributed by atoms with Crippen LogP contribution in [-0.4, -0.2) is 18.6 Å². The van der Waals surface area contributed by atoms with Gasteiger partial charge in [0.15, 0.2) is 0 Å². The van der Waals surface area contributed by atoms with Crippen LogP contribution in [-0.2, 0) is 13.0 Å². The van der Waals surface area contributed by atoms with Crippen molar-refractivity contribution in [3.05, 3.63) is 94.5 Å². The maximum atomic E-state index is 12.8. The van der Waals surface area contributed by atoms with Crippen LogP contribution >= 0.6 is 11.6 Å². The van der Waals surface area contributed by atoms with Crippen LogP contribution < -0.4 is 14.8 Å². The Kier molecular flexibility index (Phi) is 8.36. The van der Waals surface area contributed by atoms with Crippen molar-refractivity contribution in [2.45, 2.75) is 39.3 Å². The highest BCUT2D eigenvalue weighted by Crippen LogP contribution is 2.24. The second-order valence-electron chi connectivity index (χ2n) is 7.40. The molecule has 1 atom stereocenters. The van der Waals surface area contributed by atoms with E-state index in [0.29, 0.717) is 35.3 Å². The van der Waals surface area contributed by atoms with Gasteiger partial charge < -0.3 is 14.8 Å². The van der Waals surface area contributed by atoms with Crippen LogP contribution in [0.25, 0.3) is 0 Å². The summed E-state index contributed by atoms with van der Waals surface area (Å²) in [5.41, 5.74) is 2.68. The molecule has 1 unspecified atom stereocenters. The summed E-state index contributed by atoms with van der Waals surface area (Å²) in [5.74, 6) is 1.32. The minimum Gasteiger partial charge on any atom is -0.493 e. The van der Waals surface area contributed by atoms with Gasteiger partial charge in [0.2, 0.25) is 0 Å². The molecule has 31 heavy (non-hydrogen) atoms. The van der Waals surface area contributed by atoms with E-state index in [0.717, 1.165) is 18.4 Å². The number of rotatable bonds is 10. The van der Waals surface area contributed by atoms with E-state index in [1.165, 1.54) is 5.56 Å². The Morgan fingerprint density at radius 2 is 1.74 bits per heavy atom. The Hall–Kier alpha value is -2.98. The van der Waals surface area contributed by atoms with Gasteiger partial charge in [0.25, 0.3) is 5.91 Å². The second-order valence-corrected chi connectivity index (χ2v) is 7.83. The molecule has 5 heteroatoms.